The third kappa shape index (κ3) is 6.06. The molecule has 0 atom stereocenters. The highest BCUT2D eigenvalue weighted by atomic mass is 16.5. The summed E-state index contributed by atoms with van der Waals surface area (Å²) in [4.78, 5) is 9.59. The second-order valence-electron chi connectivity index (χ2n) is 2.71. The lowest BCUT2D eigenvalue weighted by atomic mass is 10.2. The van der Waals surface area contributed by atoms with E-state index in [1.54, 1.807) is 7.11 Å². The minimum Gasteiger partial charge on any atom is -0.497 e. The molecule has 0 bridgehead atoms. The van der Waals surface area contributed by atoms with Crippen LogP contribution in [0.25, 0.3) is 0 Å². The Kier molecular flexibility index (Phi) is 6.20. The molecule has 0 aliphatic carbocycles. The number of carbonyl (C=O) groups excluding carboxylic acids is 1. The highest BCUT2D eigenvalue weighted by molar-refractivity contribution is 5.65. The molecule has 3 nitrogen and oxygen atoms in total. The third-order valence-electron chi connectivity index (χ3n) is 1.54. The summed E-state index contributed by atoms with van der Waals surface area (Å²) >= 11 is 0. The number of ether oxygens (including phenoxy) is 2. The molecule has 0 heterocycles. The molecular formula is C11H16O3. The average Bonchev–Trinajstić information content (AvgIpc) is 2.20. The first-order valence-electron chi connectivity index (χ1n) is 4.25. The fraction of sp³-hybridized carbons (Fsp3) is 0.364. The molecule has 1 aromatic rings. The van der Waals surface area contributed by atoms with E-state index < -0.39 is 0 Å². The molecule has 3 heteroatoms. The molecule has 1 aromatic carbocycles. The van der Waals surface area contributed by atoms with Crippen LogP contribution in [0.1, 0.15) is 12.5 Å². The van der Waals surface area contributed by atoms with Gasteiger partial charge >= 0.3 is 5.97 Å². The van der Waals surface area contributed by atoms with Crippen molar-refractivity contribution in [3.8, 4) is 5.75 Å². The van der Waals surface area contributed by atoms with Gasteiger partial charge in [0, 0.05) is 6.92 Å². The minimum atomic E-state index is -0.245. The van der Waals surface area contributed by atoms with Crippen LogP contribution in [0.4, 0.5) is 0 Å². The van der Waals surface area contributed by atoms with Gasteiger partial charge in [0.1, 0.15) is 5.75 Å². The molecule has 1 rings (SSSR count). The van der Waals surface area contributed by atoms with E-state index in [9.17, 15) is 4.79 Å². The maximum atomic E-state index is 9.59. The molecule has 78 valence electrons. The van der Waals surface area contributed by atoms with Crippen molar-refractivity contribution >= 4 is 5.97 Å². The number of carbonyl (C=O) groups is 1. The summed E-state index contributed by atoms with van der Waals surface area (Å²) in [5.41, 5.74) is 1.26. The Morgan fingerprint density at radius 3 is 1.86 bits per heavy atom. The number of methoxy groups -OCH3 is 2. The molecule has 0 aliphatic rings. The van der Waals surface area contributed by atoms with Gasteiger partial charge in [-0.2, -0.15) is 0 Å². The van der Waals surface area contributed by atoms with Gasteiger partial charge in [0.2, 0.25) is 0 Å². The summed E-state index contributed by atoms with van der Waals surface area (Å²) in [5, 5.41) is 0. The molecule has 0 radical (unpaired) electrons. The Bertz CT molecular complexity index is 264. The van der Waals surface area contributed by atoms with Gasteiger partial charge < -0.3 is 9.47 Å². The number of benzene rings is 1. The zero-order valence-corrected chi connectivity index (χ0v) is 9.03. The molecule has 0 N–H and O–H groups in total. The maximum absolute atomic E-state index is 9.59. The zero-order chi connectivity index (χ0) is 11.0. The van der Waals surface area contributed by atoms with Crippen molar-refractivity contribution in [1.29, 1.82) is 0 Å². The van der Waals surface area contributed by atoms with Crippen LogP contribution in [0.5, 0.6) is 5.75 Å². The lowest BCUT2D eigenvalue weighted by Gasteiger charge is -1.97. The fourth-order valence-electron chi connectivity index (χ4n) is 0.674. The quantitative estimate of drug-likeness (QED) is 0.646. The van der Waals surface area contributed by atoms with E-state index in [4.69, 9.17) is 4.74 Å². The van der Waals surface area contributed by atoms with E-state index >= 15 is 0 Å². The number of hydrogen-bond acceptors (Lipinski definition) is 3. The van der Waals surface area contributed by atoms with Crippen LogP contribution < -0.4 is 4.74 Å². The first-order chi connectivity index (χ1) is 6.60. The molecule has 0 fully saturated rings. The molecule has 0 aliphatic heterocycles. The summed E-state index contributed by atoms with van der Waals surface area (Å²) in [5.74, 6) is 0.672. The molecule has 0 aromatic heterocycles. The summed E-state index contributed by atoms with van der Waals surface area (Å²) < 4.78 is 9.08. The maximum Gasteiger partial charge on any atom is 0.302 e. The van der Waals surface area contributed by atoms with Gasteiger partial charge in [-0.25, -0.2) is 0 Å². The predicted molar refractivity (Wildman–Crippen MR) is 55.4 cm³/mol. The standard InChI is InChI=1S/C8H10O.C3H6O2/c1-7-3-5-8(9-2)6-4-7;1-3(4)5-2/h3-6H,1-2H3;1-2H3. The van der Waals surface area contributed by atoms with Gasteiger partial charge in [0.15, 0.2) is 0 Å². The van der Waals surface area contributed by atoms with Crippen molar-refractivity contribution in [1.82, 2.24) is 0 Å². The Morgan fingerprint density at radius 2 is 1.57 bits per heavy atom. The number of esters is 1. The fourth-order valence-corrected chi connectivity index (χ4v) is 0.674. The average molecular weight is 196 g/mol. The van der Waals surface area contributed by atoms with Gasteiger partial charge in [0.05, 0.1) is 14.2 Å². The van der Waals surface area contributed by atoms with Crippen LogP contribution in [0.3, 0.4) is 0 Å². The van der Waals surface area contributed by atoms with E-state index in [1.165, 1.54) is 19.6 Å². The van der Waals surface area contributed by atoms with E-state index in [-0.39, 0.29) is 5.97 Å². The van der Waals surface area contributed by atoms with Crippen LogP contribution in [0.15, 0.2) is 24.3 Å². The molecule has 0 saturated heterocycles. The monoisotopic (exact) mass is 196 g/mol. The predicted octanol–water partition coefficient (Wildman–Crippen LogP) is 2.18. The molecule has 0 amide bonds. The Hall–Kier alpha value is -1.51. The zero-order valence-electron chi connectivity index (χ0n) is 9.03. The summed E-state index contributed by atoms with van der Waals surface area (Å²) in [6, 6.07) is 7.96. The lowest BCUT2D eigenvalue weighted by Crippen LogP contribution is -1.88. The van der Waals surface area contributed by atoms with Crippen LogP contribution in [0, 0.1) is 6.92 Å². The van der Waals surface area contributed by atoms with Crippen LogP contribution in [-0.4, -0.2) is 20.2 Å². The second kappa shape index (κ2) is 6.95. The number of rotatable bonds is 1. The first-order valence-corrected chi connectivity index (χ1v) is 4.25. The van der Waals surface area contributed by atoms with Crippen molar-refractivity contribution in [2.24, 2.45) is 0 Å². The summed E-state index contributed by atoms with van der Waals surface area (Å²) in [6.07, 6.45) is 0. The number of aryl methyl sites for hydroxylation is 1. The highest BCUT2D eigenvalue weighted by Crippen LogP contribution is 2.09. The largest absolute Gasteiger partial charge is 0.497 e. The normalized spacial score (nSPS) is 8.29. The van der Waals surface area contributed by atoms with Crippen molar-refractivity contribution in [3.63, 3.8) is 0 Å². The molecule has 0 spiro atoms. The van der Waals surface area contributed by atoms with Gasteiger partial charge in [-0.05, 0) is 19.1 Å². The van der Waals surface area contributed by atoms with Crippen LogP contribution in [-0.2, 0) is 9.53 Å². The van der Waals surface area contributed by atoms with Crippen molar-refractivity contribution in [2.75, 3.05) is 14.2 Å². The molecule has 0 saturated carbocycles. The third-order valence-corrected chi connectivity index (χ3v) is 1.54. The van der Waals surface area contributed by atoms with Crippen molar-refractivity contribution < 1.29 is 14.3 Å². The van der Waals surface area contributed by atoms with E-state index in [2.05, 4.69) is 11.7 Å². The van der Waals surface area contributed by atoms with Crippen LogP contribution in [0.2, 0.25) is 0 Å². The van der Waals surface area contributed by atoms with Gasteiger partial charge in [0.25, 0.3) is 0 Å². The lowest BCUT2D eigenvalue weighted by molar-refractivity contribution is -0.137. The van der Waals surface area contributed by atoms with Gasteiger partial charge in [-0.15, -0.1) is 0 Å². The smallest absolute Gasteiger partial charge is 0.302 e. The molecule has 0 unspecified atom stereocenters. The molecule has 14 heavy (non-hydrogen) atoms. The van der Waals surface area contributed by atoms with Gasteiger partial charge in [-0.1, -0.05) is 17.7 Å². The highest BCUT2D eigenvalue weighted by Gasteiger charge is 1.85. The first kappa shape index (κ1) is 12.5. The Labute approximate surface area is 84.7 Å². The van der Waals surface area contributed by atoms with E-state index in [0.29, 0.717) is 0 Å². The Morgan fingerprint density at radius 1 is 1.14 bits per heavy atom. The van der Waals surface area contributed by atoms with Gasteiger partial charge in [-0.3, -0.25) is 4.79 Å². The molecular weight excluding hydrogens is 180 g/mol. The Balaban J connectivity index is 0.000000292. The van der Waals surface area contributed by atoms with E-state index in [0.717, 1.165) is 5.75 Å². The van der Waals surface area contributed by atoms with E-state index in [1.807, 2.05) is 24.3 Å². The minimum absolute atomic E-state index is 0.245. The topological polar surface area (TPSA) is 35.5 Å². The summed E-state index contributed by atoms with van der Waals surface area (Å²) in [7, 11) is 3.02. The van der Waals surface area contributed by atoms with Crippen LogP contribution >= 0.6 is 0 Å². The van der Waals surface area contributed by atoms with Crippen molar-refractivity contribution in [3.05, 3.63) is 29.8 Å². The summed E-state index contributed by atoms with van der Waals surface area (Å²) in [6.45, 7) is 3.42. The second-order valence-corrected chi connectivity index (χ2v) is 2.71. The van der Waals surface area contributed by atoms with Crippen molar-refractivity contribution in [2.45, 2.75) is 13.8 Å². The number of hydrogen-bond donors (Lipinski definition) is 0. The SMILES string of the molecule is COC(C)=O.COc1ccc(C)cc1.